The number of hydrogen-bond acceptors (Lipinski definition) is 3. The maximum absolute atomic E-state index is 5.52. The van der Waals surface area contributed by atoms with E-state index in [1.807, 2.05) is 22.9 Å². The number of aromatic nitrogens is 3. The van der Waals surface area contributed by atoms with Gasteiger partial charge in [0.15, 0.2) is 5.82 Å². The molecule has 2 aromatic rings. The van der Waals surface area contributed by atoms with E-state index in [0.29, 0.717) is 6.54 Å². The molecule has 0 aliphatic rings. The third-order valence-electron chi connectivity index (χ3n) is 2.05. The van der Waals surface area contributed by atoms with Crippen molar-refractivity contribution in [3.8, 4) is 5.82 Å². The molecule has 0 fully saturated rings. The average Bonchev–Trinajstić information content (AvgIpc) is 2.67. The zero-order valence-electron chi connectivity index (χ0n) is 8.10. The van der Waals surface area contributed by atoms with Crippen molar-refractivity contribution in [1.29, 1.82) is 0 Å². The summed E-state index contributed by atoms with van der Waals surface area (Å²) in [6, 6.07) is 3.83. The Labute approximate surface area is 96.3 Å². The van der Waals surface area contributed by atoms with Crippen molar-refractivity contribution in [3.05, 3.63) is 41.0 Å². The molecule has 2 N–H and O–H groups in total. The molecule has 0 saturated heterocycles. The fourth-order valence-corrected chi connectivity index (χ4v) is 1.84. The van der Waals surface area contributed by atoms with Crippen LogP contribution in [0, 0.1) is 0 Å². The molecule has 0 aliphatic carbocycles. The molecule has 15 heavy (non-hydrogen) atoms. The standard InChI is InChI=1S/C10H11BrN4/c11-8-2-1-5-14-10(8)15-7-6-13-9(15)3-4-12/h1-2,5-7H,3-4,12H2. The molecule has 78 valence electrons. The first-order valence-electron chi connectivity index (χ1n) is 4.66. The predicted molar refractivity (Wildman–Crippen MR) is 61.8 cm³/mol. The molecule has 0 atom stereocenters. The van der Waals surface area contributed by atoms with Gasteiger partial charge in [0.2, 0.25) is 0 Å². The summed E-state index contributed by atoms with van der Waals surface area (Å²) in [5.74, 6) is 1.77. The van der Waals surface area contributed by atoms with Crippen LogP contribution >= 0.6 is 15.9 Å². The Hall–Kier alpha value is -1.20. The van der Waals surface area contributed by atoms with Gasteiger partial charge in [0.25, 0.3) is 0 Å². The summed E-state index contributed by atoms with van der Waals surface area (Å²) in [6.07, 6.45) is 6.15. The topological polar surface area (TPSA) is 56.7 Å². The Morgan fingerprint density at radius 1 is 1.33 bits per heavy atom. The fourth-order valence-electron chi connectivity index (χ4n) is 1.40. The maximum atomic E-state index is 5.52. The van der Waals surface area contributed by atoms with Crippen LogP contribution in [-0.2, 0) is 6.42 Å². The van der Waals surface area contributed by atoms with Gasteiger partial charge in [0.1, 0.15) is 5.82 Å². The number of nitrogens with zero attached hydrogens (tertiary/aromatic N) is 3. The van der Waals surface area contributed by atoms with Gasteiger partial charge in [-0.2, -0.15) is 0 Å². The quantitative estimate of drug-likeness (QED) is 0.917. The second-order valence-corrected chi connectivity index (χ2v) is 3.92. The molecular weight excluding hydrogens is 256 g/mol. The van der Waals surface area contributed by atoms with Gasteiger partial charge in [0, 0.05) is 25.0 Å². The minimum Gasteiger partial charge on any atom is -0.330 e. The minimum absolute atomic E-state index is 0.585. The van der Waals surface area contributed by atoms with Crippen LogP contribution < -0.4 is 5.73 Å². The van der Waals surface area contributed by atoms with Gasteiger partial charge >= 0.3 is 0 Å². The zero-order chi connectivity index (χ0) is 10.7. The lowest BCUT2D eigenvalue weighted by Gasteiger charge is -2.07. The summed E-state index contributed by atoms with van der Waals surface area (Å²) in [4.78, 5) is 8.54. The number of nitrogens with two attached hydrogens (primary N) is 1. The van der Waals surface area contributed by atoms with Crippen molar-refractivity contribution < 1.29 is 0 Å². The van der Waals surface area contributed by atoms with Gasteiger partial charge in [-0.15, -0.1) is 0 Å². The Balaban J connectivity index is 2.45. The summed E-state index contributed by atoms with van der Waals surface area (Å²) in [5.41, 5.74) is 5.52. The van der Waals surface area contributed by atoms with E-state index >= 15 is 0 Å². The molecule has 0 amide bonds. The lowest BCUT2D eigenvalue weighted by molar-refractivity contribution is 0.821. The molecular formula is C10H11BrN4. The van der Waals surface area contributed by atoms with E-state index in [-0.39, 0.29) is 0 Å². The van der Waals surface area contributed by atoms with Gasteiger partial charge in [-0.05, 0) is 34.6 Å². The lowest BCUT2D eigenvalue weighted by atomic mass is 10.4. The average molecular weight is 267 g/mol. The second-order valence-electron chi connectivity index (χ2n) is 3.06. The van der Waals surface area contributed by atoms with E-state index in [1.54, 1.807) is 12.4 Å². The van der Waals surface area contributed by atoms with Crippen molar-refractivity contribution in [2.75, 3.05) is 6.54 Å². The smallest absolute Gasteiger partial charge is 0.152 e. The third-order valence-corrected chi connectivity index (χ3v) is 2.67. The van der Waals surface area contributed by atoms with E-state index in [2.05, 4.69) is 25.9 Å². The van der Waals surface area contributed by atoms with Gasteiger partial charge < -0.3 is 5.73 Å². The zero-order valence-corrected chi connectivity index (χ0v) is 9.68. The Kier molecular flexibility index (Phi) is 3.13. The van der Waals surface area contributed by atoms with Crippen LogP contribution in [0.15, 0.2) is 35.2 Å². The van der Waals surface area contributed by atoms with Crippen molar-refractivity contribution in [2.24, 2.45) is 5.73 Å². The summed E-state index contributed by atoms with van der Waals surface area (Å²) >= 11 is 3.46. The van der Waals surface area contributed by atoms with Crippen molar-refractivity contribution >= 4 is 15.9 Å². The van der Waals surface area contributed by atoms with Crippen LogP contribution in [0.3, 0.4) is 0 Å². The molecule has 2 heterocycles. The first-order chi connectivity index (χ1) is 7.33. The lowest BCUT2D eigenvalue weighted by Crippen LogP contribution is -2.09. The molecule has 5 heteroatoms. The van der Waals surface area contributed by atoms with Crippen LogP contribution in [0.25, 0.3) is 5.82 Å². The summed E-state index contributed by atoms with van der Waals surface area (Å²) in [7, 11) is 0. The predicted octanol–water partition coefficient (Wildman–Crippen LogP) is 1.53. The van der Waals surface area contributed by atoms with Crippen molar-refractivity contribution in [3.63, 3.8) is 0 Å². The molecule has 0 unspecified atom stereocenters. The van der Waals surface area contributed by atoms with Crippen LogP contribution in [0.5, 0.6) is 0 Å². The third kappa shape index (κ3) is 2.08. The number of rotatable bonds is 3. The van der Waals surface area contributed by atoms with Gasteiger partial charge in [-0.3, -0.25) is 4.57 Å². The molecule has 0 spiro atoms. The van der Waals surface area contributed by atoms with Crippen LogP contribution in [0.1, 0.15) is 5.82 Å². The molecule has 4 nitrogen and oxygen atoms in total. The largest absolute Gasteiger partial charge is 0.330 e. The van der Waals surface area contributed by atoms with Crippen molar-refractivity contribution in [2.45, 2.75) is 6.42 Å². The van der Waals surface area contributed by atoms with Gasteiger partial charge in [-0.1, -0.05) is 0 Å². The van der Waals surface area contributed by atoms with Crippen LogP contribution in [0.4, 0.5) is 0 Å². The number of imidazole rings is 1. The van der Waals surface area contributed by atoms with Crippen LogP contribution in [0.2, 0.25) is 0 Å². The van der Waals surface area contributed by atoms with Crippen LogP contribution in [-0.4, -0.2) is 21.1 Å². The van der Waals surface area contributed by atoms with Crippen molar-refractivity contribution in [1.82, 2.24) is 14.5 Å². The number of halogens is 1. The molecule has 0 bridgehead atoms. The van der Waals surface area contributed by atoms with E-state index in [9.17, 15) is 0 Å². The molecule has 0 aromatic carbocycles. The first-order valence-corrected chi connectivity index (χ1v) is 5.45. The molecule has 2 rings (SSSR count). The number of pyridine rings is 1. The Bertz CT molecular complexity index is 452. The first kappa shape index (κ1) is 10.3. The highest BCUT2D eigenvalue weighted by atomic mass is 79.9. The Morgan fingerprint density at radius 2 is 2.20 bits per heavy atom. The molecule has 2 aromatic heterocycles. The van der Waals surface area contributed by atoms with E-state index in [4.69, 9.17) is 5.73 Å². The molecule has 0 aliphatic heterocycles. The highest BCUT2D eigenvalue weighted by molar-refractivity contribution is 9.10. The second kappa shape index (κ2) is 4.55. The Morgan fingerprint density at radius 3 is 2.93 bits per heavy atom. The molecule has 0 saturated carbocycles. The molecule has 0 radical (unpaired) electrons. The highest BCUT2D eigenvalue weighted by Gasteiger charge is 2.07. The monoisotopic (exact) mass is 266 g/mol. The van der Waals surface area contributed by atoms with E-state index < -0.39 is 0 Å². The van der Waals surface area contributed by atoms with E-state index in [0.717, 1.165) is 22.5 Å². The summed E-state index contributed by atoms with van der Waals surface area (Å²) in [6.45, 7) is 0.585. The normalized spacial score (nSPS) is 10.5. The van der Waals surface area contributed by atoms with E-state index in [1.165, 1.54) is 0 Å². The summed E-state index contributed by atoms with van der Waals surface area (Å²) < 4.78 is 2.89. The summed E-state index contributed by atoms with van der Waals surface area (Å²) in [5, 5.41) is 0. The highest BCUT2D eigenvalue weighted by Crippen LogP contribution is 2.18. The SMILES string of the molecule is NCCc1nccn1-c1ncccc1Br. The minimum atomic E-state index is 0.585. The number of hydrogen-bond donors (Lipinski definition) is 1. The fraction of sp³-hybridized carbons (Fsp3) is 0.200. The van der Waals surface area contributed by atoms with Gasteiger partial charge in [0.05, 0.1) is 4.47 Å². The van der Waals surface area contributed by atoms with Gasteiger partial charge in [-0.25, -0.2) is 9.97 Å². The maximum Gasteiger partial charge on any atom is 0.152 e.